The van der Waals surface area contributed by atoms with Crippen molar-refractivity contribution >= 4 is 0 Å². The Bertz CT molecular complexity index is 823. The van der Waals surface area contributed by atoms with Gasteiger partial charge in [0, 0.05) is 17.5 Å². The lowest BCUT2D eigenvalue weighted by atomic mass is 9.61. The molecule has 1 aliphatic carbocycles. The zero-order chi connectivity index (χ0) is 18.1. The van der Waals surface area contributed by atoms with Crippen LogP contribution in [0.2, 0.25) is 0 Å². The van der Waals surface area contributed by atoms with E-state index in [2.05, 4.69) is 72.7 Å². The molecule has 0 saturated carbocycles. The van der Waals surface area contributed by atoms with Crippen LogP contribution < -0.4 is 5.32 Å². The fourth-order valence-electron chi connectivity index (χ4n) is 4.94. The summed E-state index contributed by atoms with van der Waals surface area (Å²) in [6.07, 6.45) is 3.25. The van der Waals surface area contributed by atoms with Gasteiger partial charge in [-0.2, -0.15) is 5.26 Å². The number of likely N-dealkylation sites (tertiary alicyclic amines) is 1. The molecule has 3 nitrogen and oxygen atoms in total. The Morgan fingerprint density at radius 2 is 2.04 bits per heavy atom. The summed E-state index contributed by atoms with van der Waals surface area (Å²) in [5.74, 6) is 0. The number of piperidine rings is 1. The third-order valence-corrected chi connectivity index (χ3v) is 6.53. The summed E-state index contributed by atoms with van der Waals surface area (Å²) >= 11 is 0. The lowest BCUT2D eigenvalue weighted by Gasteiger charge is -2.55. The summed E-state index contributed by atoms with van der Waals surface area (Å²) in [7, 11) is 2.25. The molecule has 4 rings (SSSR count). The molecule has 1 fully saturated rings. The van der Waals surface area contributed by atoms with E-state index in [-0.39, 0.29) is 5.41 Å². The predicted octanol–water partition coefficient (Wildman–Crippen LogP) is 3.28. The van der Waals surface area contributed by atoms with Crippen molar-refractivity contribution in [2.24, 2.45) is 0 Å². The zero-order valence-corrected chi connectivity index (χ0v) is 15.7. The van der Waals surface area contributed by atoms with Gasteiger partial charge in [-0.05, 0) is 68.2 Å². The summed E-state index contributed by atoms with van der Waals surface area (Å²) < 4.78 is 0. The highest BCUT2D eigenvalue weighted by atomic mass is 15.2. The highest BCUT2D eigenvalue weighted by Crippen LogP contribution is 2.44. The Balaban J connectivity index is 1.60. The third-order valence-electron chi connectivity index (χ3n) is 6.53. The van der Waals surface area contributed by atoms with Crippen LogP contribution in [0.25, 0.3) is 0 Å². The van der Waals surface area contributed by atoms with Crippen molar-refractivity contribution in [1.29, 1.82) is 5.26 Å². The van der Waals surface area contributed by atoms with Gasteiger partial charge in [0.1, 0.15) is 0 Å². The molecular formula is C23H27N3. The topological polar surface area (TPSA) is 39.1 Å². The minimum absolute atomic E-state index is 0.0916. The molecule has 1 N–H and O–H groups in total. The van der Waals surface area contributed by atoms with Crippen LogP contribution in [0.1, 0.15) is 35.6 Å². The monoisotopic (exact) mass is 345 g/mol. The summed E-state index contributed by atoms with van der Waals surface area (Å²) in [5.41, 5.74) is 5.06. The van der Waals surface area contributed by atoms with E-state index in [0.717, 1.165) is 37.9 Å². The second kappa shape index (κ2) is 6.87. The van der Waals surface area contributed by atoms with Crippen molar-refractivity contribution in [3.8, 4) is 6.07 Å². The van der Waals surface area contributed by atoms with Crippen LogP contribution in [0, 0.1) is 11.3 Å². The van der Waals surface area contributed by atoms with Crippen LogP contribution in [-0.4, -0.2) is 37.1 Å². The number of fused-ring (bicyclic) bond motifs is 4. The summed E-state index contributed by atoms with van der Waals surface area (Å²) in [5, 5.41) is 13.2. The summed E-state index contributed by atoms with van der Waals surface area (Å²) in [6, 6.07) is 20.3. The molecule has 134 valence electrons. The Kier molecular flexibility index (Phi) is 4.56. The lowest BCUT2D eigenvalue weighted by molar-refractivity contribution is 0.0664. The molecule has 1 aliphatic heterocycles. The van der Waals surface area contributed by atoms with E-state index in [1.165, 1.54) is 16.7 Å². The van der Waals surface area contributed by atoms with Gasteiger partial charge in [0.25, 0.3) is 0 Å². The zero-order valence-electron chi connectivity index (χ0n) is 15.7. The minimum Gasteiger partial charge on any atom is -0.311 e. The summed E-state index contributed by atoms with van der Waals surface area (Å²) in [6.45, 7) is 4.50. The first kappa shape index (κ1) is 17.3. The number of nitrogens with one attached hydrogen (secondary N) is 1. The van der Waals surface area contributed by atoms with Gasteiger partial charge in [-0.15, -0.1) is 0 Å². The number of benzene rings is 2. The minimum atomic E-state index is 0.0916. The van der Waals surface area contributed by atoms with Gasteiger partial charge in [0.2, 0.25) is 0 Å². The van der Waals surface area contributed by atoms with Gasteiger partial charge in [-0.1, -0.05) is 43.3 Å². The average molecular weight is 345 g/mol. The quantitative estimate of drug-likeness (QED) is 0.924. The fraction of sp³-hybridized carbons (Fsp3) is 0.435. The molecule has 1 saturated heterocycles. The number of nitriles is 1. The second-order valence-electron chi connectivity index (χ2n) is 8.07. The van der Waals surface area contributed by atoms with Crippen molar-refractivity contribution in [3.63, 3.8) is 0 Å². The fourth-order valence-corrected chi connectivity index (χ4v) is 4.94. The highest BCUT2D eigenvalue weighted by Gasteiger charge is 2.49. The van der Waals surface area contributed by atoms with Gasteiger partial charge in [0.15, 0.2) is 0 Å². The number of hydrogen-bond acceptors (Lipinski definition) is 3. The van der Waals surface area contributed by atoms with Crippen LogP contribution in [0.5, 0.6) is 0 Å². The molecular weight excluding hydrogens is 318 g/mol. The molecule has 0 spiro atoms. The van der Waals surface area contributed by atoms with Gasteiger partial charge >= 0.3 is 0 Å². The first-order chi connectivity index (χ1) is 12.6. The molecule has 3 heteroatoms. The normalized spacial score (nSPS) is 27.6. The maximum absolute atomic E-state index is 9.35. The van der Waals surface area contributed by atoms with Crippen molar-refractivity contribution < 1.29 is 0 Å². The third kappa shape index (κ3) is 2.94. The van der Waals surface area contributed by atoms with Crippen LogP contribution in [0.4, 0.5) is 0 Å². The van der Waals surface area contributed by atoms with Crippen LogP contribution >= 0.6 is 0 Å². The smallest absolute Gasteiger partial charge is 0.0991 e. The molecule has 2 aliphatic rings. The molecule has 1 heterocycles. The van der Waals surface area contributed by atoms with E-state index in [9.17, 15) is 5.26 Å². The SMILES string of the molecule is CN1CCC2(C)c3cc(C#N)ccc3CC1C2NCCc1ccccc1. The Morgan fingerprint density at radius 1 is 1.23 bits per heavy atom. The average Bonchev–Trinajstić information content (AvgIpc) is 2.67. The van der Waals surface area contributed by atoms with Crippen LogP contribution in [0.15, 0.2) is 48.5 Å². The predicted molar refractivity (Wildman–Crippen MR) is 105 cm³/mol. The number of hydrogen-bond donors (Lipinski definition) is 1. The second-order valence-corrected chi connectivity index (χ2v) is 8.07. The maximum atomic E-state index is 9.35. The molecule has 3 atom stereocenters. The van der Waals surface area contributed by atoms with Gasteiger partial charge < -0.3 is 10.2 Å². The first-order valence-electron chi connectivity index (χ1n) is 9.63. The van der Waals surface area contributed by atoms with E-state index in [4.69, 9.17) is 0 Å². The Labute approximate surface area is 156 Å². The van der Waals surface area contributed by atoms with Crippen molar-refractivity contribution in [1.82, 2.24) is 10.2 Å². The van der Waals surface area contributed by atoms with Crippen molar-refractivity contribution in [2.75, 3.05) is 20.1 Å². The highest BCUT2D eigenvalue weighted by molar-refractivity contribution is 5.46. The van der Waals surface area contributed by atoms with Crippen LogP contribution in [-0.2, 0) is 18.3 Å². The van der Waals surface area contributed by atoms with Gasteiger partial charge in [-0.3, -0.25) is 0 Å². The Morgan fingerprint density at radius 3 is 2.81 bits per heavy atom. The molecule has 3 unspecified atom stereocenters. The van der Waals surface area contributed by atoms with Crippen LogP contribution in [0.3, 0.4) is 0 Å². The largest absolute Gasteiger partial charge is 0.311 e. The molecule has 0 amide bonds. The lowest BCUT2D eigenvalue weighted by Crippen LogP contribution is -2.66. The van der Waals surface area contributed by atoms with E-state index in [1.54, 1.807) is 0 Å². The summed E-state index contributed by atoms with van der Waals surface area (Å²) in [4.78, 5) is 2.52. The van der Waals surface area contributed by atoms with Crippen molar-refractivity contribution in [3.05, 3.63) is 70.8 Å². The maximum Gasteiger partial charge on any atom is 0.0991 e. The molecule has 2 bridgehead atoms. The van der Waals surface area contributed by atoms with E-state index in [0.29, 0.717) is 12.1 Å². The molecule has 2 aromatic carbocycles. The molecule has 0 aromatic heterocycles. The molecule has 2 aromatic rings. The molecule has 26 heavy (non-hydrogen) atoms. The standard InChI is InChI=1S/C23H27N3/c1-23-11-13-26(2)21(15-19-9-8-18(16-24)14-20(19)23)22(23)25-12-10-17-6-4-3-5-7-17/h3-9,14,21-22,25H,10-13,15H2,1-2H3. The van der Waals surface area contributed by atoms with Gasteiger partial charge in [0.05, 0.1) is 11.6 Å². The van der Waals surface area contributed by atoms with Crippen molar-refractivity contribution in [2.45, 2.75) is 43.7 Å². The first-order valence-corrected chi connectivity index (χ1v) is 9.63. The van der Waals surface area contributed by atoms with E-state index in [1.807, 2.05) is 6.07 Å². The van der Waals surface area contributed by atoms with E-state index < -0.39 is 0 Å². The van der Waals surface area contributed by atoms with E-state index >= 15 is 0 Å². The van der Waals surface area contributed by atoms with Gasteiger partial charge in [-0.25, -0.2) is 0 Å². The number of likely N-dealkylation sites (N-methyl/N-ethyl adjacent to an activating group) is 1. The number of rotatable bonds is 4. The molecule has 0 radical (unpaired) electrons. The Hall–Kier alpha value is -2.15. The number of nitrogens with zero attached hydrogens (tertiary/aromatic N) is 2.